The lowest BCUT2D eigenvalue weighted by atomic mass is 10.1. The maximum absolute atomic E-state index is 12.3. The molecule has 25 heavy (non-hydrogen) atoms. The predicted octanol–water partition coefficient (Wildman–Crippen LogP) is 3.12. The smallest absolute Gasteiger partial charge is 0.269 e. The van der Waals surface area contributed by atoms with E-state index < -0.39 is 0 Å². The zero-order chi connectivity index (χ0) is 17.4. The molecule has 0 aliphatic carbocycles. The highest BCUT2D eigenvalue weighted by molar-refractivity contribution is 7.08. The fourth-order valence-corrected chi connectivity index (χ4v) is 3.20. The lowest BCUT2D eigenvalue weighted by Gasteiger charge is -2.06. The van der Waals surface area contributed by atoms with E-state index in [2.05, 4.69) is 24.9 Å². The summed E-state index contributed by atoms with van der Waals surface area (Å²) >= 11 is 1.09. The number of imidazole rings is 1. The highest BCUT2D eigenvalue weighted by Gasteiger charge is 2.15. The van der Waals surface area contributed by atoms with Crippen LogP contribution in [0.25, 0.3) is 17.0 Å². The monoisotopic (exact) mass is 350 g/mol. The summed E-state index contributed by atoms with van der Waals surface area (Å²) < 4.78 is 5.73. The van der Waals surface area contributed by atoms with E-state index in [1.807, 2.05) is 47.9 Å². The molecule has 7 nitrogen and oxygen atoms in total. The normalized spacial score (nSPS) is 11.0. The van der Waals surface area contributed by atoms with Crippen molar-refractivity contribution in [2.75, 3.05) is 5.32 Å². The van der Waals surface area contributed by atoms with Crippen LogP contribution in [0.15, 0.2) is 42.7 Å². The van der Waals surface area contributed by atoms with Gasteiger partial charge in [-0.1, -0.05) is 16.6 Å². The first-order valence-electron chi connectivity index (χ1n) is 7.64. The molecule has 3 heterocycles. The van der Waals surface area contributed by atoms with Crippen molar-refractivity contribution in [3.63, 3.8) is 0 Å². The minimum Gasteiger partial charge on any atom is -0.321 e. The Balaban J connectivity index is 1.68. The molecule has 0 radical (unpaired) electrons. The van der Waals surface area contributed by atoms with Crippen molar-refractivity contribution >= 4 is 28.9 Å². The van der Waals surface area contributed by atoms with E-state index in [-0.39, 0.29) is 5.91 Å². The van der Waals surface area contributed by atoms with Gasteiger partial charge in [-0.3, -0.25) is 9.20 Å². The Kier molecular flexibility index (Phi) is 3.73. The zero-order valence-corrected chi connectivity index (χ0v) is 14.4. The molecule has 0 atom stereocenters. The fourth-order valence-electron chi connectivity index (χ4n) is 2.65. The van der Waals surface area contributed by atoms with E-state index in [4.69, 9.17) is 0 Å². The number of hydrogen-bond donors (Lipinski definition) is 1. The molecule has 0 bridgehead atoms. The van der Waals surface area contributed by atoms with E-state index >= 15 is 0 Å². The first-order chi connectivity index (χ1) is 12.1. The van der Waals surface area contributed by atoms with Gasteiger partial charge in [0.05, 0.1) is 11.4 Å². The molecular weight excluding hydrogens is 336 g/mol. The topological polar surface area (TPSA) is 85.1 Å². The second-order valence-corrected chi connectivity index (χ2v) is 6.31. The Labute approximate surface area is 147 Å². The molecule has 4 aromatic rings. The SMILES string of the molecule is Cc1nnsc1C(=O)Nc1cccc(-c2nc3ncccn3c2C)c1. The third kappa shape index (κ3) is 2.76. The van der Waals surface area contributed by atoms with E-state index in [1.54, 1.807) is 13.1 Å². The second-order valence-electron chi connectivity index (χ2n) is 5.56. The molecule has 0 unspecified atom stereocenters. The summed E-state index contributed by atoms with van der Waals surface area (Å²) in [6.07, 6.45) is 3.65. The van der Waals surface area contributed by atoms with E-state index in [9.17, 15) is 4.79 Å². The van der Waals surface area contributed by atoms with Crippen molar-refractivity contribution in [1.82, 2.24) is 24.0 Å². The number of benzene rings is 1. The van der Waals surface area contributed by atoms with Gasteiger partial charge in [0.15, 0.2) is 0 Å². The van der Waals surface area contributed by atoms with Crippen molar-refractivity contribution in [1.29, 1.82) is 0 Å². The summed E-state index contributed by atoms with van der Waals surface area (Å²) in [6.45, 7) is 3.76. The Morgan fingerprint density at radius 1 is 1.24 bits per heavy atom. The third-order valence-electron chi connectivity index (χ3n) is 3.89. The van der Waals surface area contributed by atoms with Crippen molar-refractivity contribution in [3.05, 3.63) is 59.0 Å². The predicted molar refractivity (Wildman–Crippen MR) is 95.8 cm³/mol. The second kappa shape index (κ2) is 6.06. The van der Waals surface area contributed by atoms with Gasteiger partial charge < -0.3 is 5.32 Å². The van der Waals surface area contributed by atoms with Crippen molar-refractivity contribution in [2.24, 2.45) is 0 Å². The first kappa shape index (κ1) is 15.4. The fraction of sp³-hybridized carbons (Fsp3) is 0.118. The molecule has 3 aromatic heterocycles. The van der Waals surface area contributed by atoms with Gasteiger partial charge in [-0.25, -0.2) is 9.97 Å². The van der Waals surface area contributed by atoms with Crippen molar-refractivity contribution in [2.45, 2.75) is 13.8 Å². The molecule has 0 saturated heterocycles. The number of fused-ring (bicyclic) bond motifs is 1. The van der Waals surface area contributed by atoms with Gasteiger partial charge >= 0.3 is 0 Å². The number of carbonyl (C=O) groups is 1. The van der Waals surface area contributed by atoms with Crippen molar-refractivity contribution < 1.29 is 4.79 Å². The van der Waals surface area contributed by atoms with Crippen LogP contribution in [0.1, 0.15) is 21.1 Å². The highest BCUT2D eigenvalue weighted by Crippen LogP contribution is 2.26. The van der Waals surface area contributed by atoms with Gasteiger partial charge in [-0.05, 0) is 43.6 Å². The van der Waals surface area contributed by atoms with Gasteiger partial charge in [0, 0.05) is 29.3 Å². The number of anilines is 1. The molecule has 4 rings (SSSR count). The Hall–Kier alpha value is -3.13. The van der Waals surface area contributed by atoms with E-state index in [0.717, 1.165) is 28.5 Å². The zero-order valence-electron chi connectivity index (χ0n) is 13.6. The molecule has 1 N–H and O–H groups in total. The molecule has 0 fully saturated rings. The van der Waals surface area contributed by atoms with Gasteiger partial charge in [0.1, 0.15) is 4.88 Å². The number of aryl methyl sites for hydroxylation is 2. The summed E-state index contributed by atoms with van der Waals surface area (Å²) in [5.74, 6) is 0.439. The molecule has 0 aliphatic rings. The van der Waals surface area contributed by atoms with E-state index in [0.29, 0.717) is 22.0 Å². The summed E-state index contributed by atoms with van der Waals surface area (Å²) in [7, 11) is 0. The number of amides is 1. The number of rotatable bonds is 3. The maximum Gasteiger partial charge on any atom is 0.269 e. The number of nitrogens with zero attached hydrogens (tertiary/aromatic N) is 5. The first-order valence-corrected chi connectivity index (χ1v) is 8.41. The molecule has 124 valence electrons. The molecular formula is C17H14N6OS. The molecule has 8 heteroatoms. The van der Waals surface area contributed by atoms with E-state index in [1.165, 1.54) is 0 Å². The summed E-state index contributed by atoms with van der Waals surface area (Å²) in [6, 6.07) is 9.46. The lowest BCUT2D eigenvalue weighted by molar-refractivity contribution is 0.103. The molecule has 0 spiro atoms. The third-order valence-corrected chi connectivity index (χ3v) is 4.72. The van der Waals surface area contributed by atoms with Crippen LogP contribution in [0.5, 0.6) is 0 Å². The van der Waals surface area contributed by atoms with Crippen LogP contribution in [0.2, 0.25) is 0 Å². The van der Waals surface area contributed by atoms with Gasteiger partial charge in [0.25, 0.3) is 5.91 Å². The quantitative estimate of drug-likeness (QED) is 0.613. The molecule has 0 aliphatic heterocycles. The molecule has 1 amide bonds. The Morgan fingerprint density at radius 2 is 2.12 bits per heavy atom. The number of carbonyl (C=O) groups excluding carboxylic acids is 1. The van der Waals surface area contributed by atoms with Crippen LogP contribution >= 0.6 is 11.5 Å². The standard InChI is InChI=1S/C17H14N6OS/c1-10-15(25-22-21-10)16(24)19-13-6-3-5-12(9-13)14-11(2)23-8-4-7-18-17(23)20-14/h3-9H,1-2H3,(H,19,24). The number of nitrogens with one attached hydrogen (secondary N) is 1. The number of aromatic nitrogens is 5. The maximum atomic E-state index is 12.3. The molecule has 1 aromatic carbocycles. The minimum absolute atomic E-state index is 0.210. The van der Waals surface area contributed by atoms with Crippen LogP contribution in [0.4, 0.5) is 5.69 Å². The summed E-state index contributed by atoms with van der Waals surface area (Å²) in [5.41, 5.74) is 4.07. The lowest BCUT2D eigenvalue weighted by Crippen LogP contribution is -2.11. The van der Waals surface area contributed by atoms with Gasteiger partial charge in [-0.15, -0.1) is 5.10 Å². The summed E-state index contributed by atoms with van der Waals surface area (Å²) in [4.78, 5) is 21.7. The minimum atomic E-state index is -0.210. The van der Waals surface area contributed by atoms with Crippen LogP contribution in [-0.2, 0) is 0 Å². The van der Waals surface area contributed by atoms with Gasteiger partial charge in [-0.2, -0.15) is 0 Å². The van der Waals surface area contributed by atoms with Crippen LogP contribution < -0.4 is 5.32 Å². The summed E-state index contributed by atoms with van der Waals surface area (Å²) in [5, 5.41) is 6.76. The van der Waals surface area contributed by atoms with Crippen LogP contribution in [0, 0.1) is 13.8 Å². The van der Waals surface area contributed by atoms with Crippen molar-refractivity contribution in [3.8, 4) is 11.3 Å². The average Bonchev–Trinajstić information content (AvgIpc) is 3.19. The van der Waals surface area contributed by atoms with Gasteiger partial charge in [0.2, 0.25) is 5.78 Å². The van der Waals surface area contributed by atoms with Crippen LogP contribution in [-0.4, -0.2) is 29.9 Å². The molecule has 0 saturated carbocycles. The Bertz CT molecular complexity index is 1080. The Morgan fingerprint density at radius 3 is 2.88 bits per heavy atom. The van der Waals surface area contributed by atoms with Crippen LogP contribution in [0.3, 0.4) is 0 Å². The number of hydrogen-bond acceptors (Lipinski definition) is 6. The highest BCUT2D eigenvalue weighted by atomic mass is 32.1. The largest absolute Gasteiger partial charge is 0.321 e. The average molecular weight is 350 g/mol.